The van der Waals surface area contributed by atoms with Crippen molar-refractivity contribution >= 4 is 15.9 Å². The lowest BCUT2D eigenvalue weighted by atomic mass is 10.0. The fourth-order valence-corrected chi connectivity index (χ4v) is 5.84. The second-order valence-electron chi connectivity index (χ2n) is 9.61. The Kier molecular flexibility index (Phi) is 9.31. The van der Waals surface area contributed by atoms with Crippen molar-refractivity contribution in [1.82, 2.24) is 14.1 Å². The van der Waals surface area contributed by atoms with Crippen LogP contribution in [0, 0.1) is 23.6 Å². The number of hydrogen-bond donors (Lipinski definition) is 1. The molecule has 2 aromatic carbocycles. The van der Waals surface area contributed by atoms with Gasteiger partial charge in [-0.05, 0) is 51.4 Å². The van der Waals surface area contributed by atoms with E-state index in [1.54, 1.807) is 32.2 Å². The van der Waals surface area contributed by atoms with Crippen molar-refractivity contribution < 1.29 is 27.4 Å². The summed E-state index contributed by atoms with van der Waals surface area (Å²) in [6, 6.07) is 9.75. The Balaban J connectivity index is 2.01. The van der Waals surface area contributed by atoms with Crippen molar-refractivity contribution in [2.24, 2.45) is 5.92 Å². The van der Waals surface area contributed by atoms with Crippen LogP contribution in [0.4, 0.5) is 4.39 Å². The van der Waals surface area contributed by atoms with Crippen LogP contribution in [0.15, 0.2) is 47.4 Å². The summed E-state index contributed by atoms with van der Waals surface area (Å²) in [5, 5.41) is 9.79. The van der Waals surface area contributed by atoms with Gasteiger partial charge in [0.1, 0.15) is 22.6 Å². The number of sulfonamides is 1. The molecule has 0 saturated carbocycles. The van der Waals surface area contributed by atoms with Crippen LogP contribution in [0.3, 0.4) is 0 Å². The molecule has 0 unspecified atom stereocenters. The number of likely N-dealkylation sites (N-methyl/N-ethyl adjacent to an activating group) is 1. The second-order valence-corrected chi connectivity index (χ2v) is 11.5. The highest BCUT2D eigenvalue weighted by Crippen LogP contribution is 2.34. The molecule has 1 amide bonds. The number of nitrogens with zero attached hydrogens (tertiary/aromatic N) is 3. The first-order valence-electron chi connectivity index (χ1n) is 12.0. The summed E-state index contributed by atoms with van der Waals surface area (Å²) in [6.45, 7) is 3.79. The fraction of sp³-hybridized carbons (Fsp3) is 0.444. The molecule has 0 aliphatic carbocycles. The number of aliphatic hydroxyl groups excluding tert-OH is 1. The highest BCUT2D eigenvalue weighted by molar-refractivity contribution is 7.89. The average molecular weight is 532 g/mol. The molecule has 1 aliphatic rings. The number of hydrogen-bond acceptors (Lipinski definition) is 6. The van der Waals surface area contributed by atoms with Gasteiger partial charge in [0.15, 0.2) is 0 Å². The van der Waals surface area contributed by atoms with E-state index < -0.39 is 33.9 Å². The third kappa shape index (κ3) is 6.67. The molecule has 1 aliphatic heterocycles. The summed E-state index contributed by atoms with van der Waals surface area (Å²) in [6.07, 6.45) is -0.617. The molecule has 0 aromatic heterocycles. The summed E-state index contributed by atoms with van der Waals surface area (Å²) in [7, 11) is 1.35. The first-order valence-corrected chi connectivity index (χ1v) is 13.5. The van der Waals surface area contributed by atoms with Gasteiger partial charge in [0.25, 0.3) is 5.91 Å². The van der Waals surface area contributed by atoms with Gasteiger partial charge in [0, 0.05) is 31.1 Å². The molecule has 3 rings (SSSR count). The molecule has 0 spiro atoms. The first-order chi connectivity index (χ1) is 17.4. The van der Waals surface area contributed by atoms with E-state index in [2.05, 4.69) is 11.8 Å². The van der Waals surface area contributed by atoms with E-state index in [1.807, 2.05) is 25.9 Å². The van der Waals surface area contributed by atoms with Gasteiger partial charge in [-0.15, -0.1) is 0 Å². The highest BCUT2D eigenvalue weighted by atomic mass is 32.2. The minimum atomic E-state index is -3.99. The Labute approximate surface area is 218 Å². The van der Waals surface area contributed by atoms with Crippen molar-refractivity contribution in [3.05, 3.63) is 59.4 Å². The molecule has 3 atom stereocenters. The molecule has 0 saturated heterocycles. The number of carbonyl (C=O) groups is 1. The zero-order valence-corrected chi connectivity index (χ0v) is 22.6. The Bertz CT molecular complexity index is 1290. The Morgan fingerprint density at radius 1 is 1.24 bits per heavy atom. The van der Waals surface area contributed by atoms with Crippen LogP contribution in [-0.2, 0) is 10.0 Å². The van der Waals surface area contributed by atoms with Crippen LogP contribution < -0.4 is 4.74 Å². The van der Waals surface area contributed by atoms with Gasteiger partial charge in [0.05, 0.1) is 25.3 Å². The first kappa shape index (κ1) is 28.6. The van der Waals surface area contributed by atoms with Gasteiger partial charge >= 0.3 is 0 Å². The van der Waals surface area contributed by atoms with Crippen LogP contribution in [0.25, 0.3) is 0 Å². The van der Waals surface area contributed by atoms with Crippen molar-refractivity contribution in [3.8, 4) is 17.6 Å². The van der Waals surface area contributed by atoms with E-state index in [1.165, 1.54) is 33.5 Å². The van der Waals surface area contributed by atoms with Crippen molar-refractivity contribution in [2.75, 3.05) is 47.4 Å². The largest absolute Gasteiger partial charge is 0.487 e. The molecule has 0 radical (unpaired) electrons. The predicted molar refractivity (Wildman–Crippen MR) is 139 cm³/mol. The molecule has 0 fully saturated rings. The summed E-state index contributed by atoms with van der Waals surface area (Å²) < 4.78 is 48.9. The van der Waals surface area contributed by atoms with E-state index in [0.717, 1.165) is 0 Å². The predicted octanol–water partition coefficient (Wildman–Crippen LogP) is 2.28. The second kappa shape index (κ2) is 12.0. The van der Waals surface area contributed by atoms with E-state index in [-0.39, 0.29) is 41.8 Å². The topological polar surface area (TPSA) is 90.4 Å². The monoisotopic (exact) mass is 531 g/mol. The fourth-order valence-electron chi connectivity index (χ4n) is 4.01. The smallest absolute Gasteiger partial charge is 0.256 e. The lowest BCUT2D eigenvalue weighted by molar-refractivity contribution is 0.0560. The van der Waals surface area contributed by atoms with Crippen molar-refractivity contribution in [1.29, 1.82) is 0 Å². The van der Waals surface area contributed by atoms with Gasteiger partial charge in [-0.2, -0.15) is 4.31 Å². The number of ether oxygens (including phenoxy) is 1. The van der Waals surface area contributed by atoms with Gasteiger partial charge in [0.2, 0.25) is 10.0 Å². The molecule has 37 heavy (non-hydrogen) atoms. The summed E-state index contributed by atoms with van der Waals surface area (Å²) in [4.78, 5) is 16.2. The minimum Gasteiger partial charge on any atom is -0.487 e. The Hall–Kier alpha value is -2.97. The SMILES string of the molecule is C[C@@H]1CN([C@H](C)CO)S(=O)(=O)c2ccc(C#CCN(C)C)cc2O[C@H]1CN(C)C(=O)c1ccccc1F. The zero-order chi connectivity index (χ0) is 27.3. The quantitative estimate of drug-likeness (QED) is 0.576. The Morgan fingerprint density at radius 3 is 2.59 bits per heavy atom. The number of amides is 1. The van der Waals surface area contributed by atoms with E-state index in [0.29, 0.717) is 12.1 Å². The van der Waals surface area contributed by atoms with Crippen molar-refractivity contribution in [3.63, 3.8) is 0 Å². The van der Waals surface area contributed by atoms with Gasteiger partial charge in [-0.1, -0.05) is 30.9 Å². The van der Waals surface area contributed by atoms with E-state index in [9.17, 15) is 22.7 Å². The molecule has 8 nitrogen and oxygen atoms in total. The molecule has 1 heterocycles. The molecular weight excluding hydrogens is 497 g/mol. The minimum absolute atomic E-state index is 0.0362. The normalized spacial score (nSPS) is 20.0. The van der Waals surface area contributed by atoms with Crippen LogP contribution in [-0.4, -0.2) is 93.1 Å². The van der Waals surface area contributed by atoms with Gasteiger partial charge in [-0.3, -0.25) is 9.69 Å². The molecule has 10 heteroatoms. The zero-order valence-electron chi connectivity index (χ0n) is 21.8. The van der Waals surface area contributed by atoms with Gasteiger partial charge < -0.3 is 14.7 Å². The molecule has 1 N–H and O–H groups in total. The number of fused-ring (bicyclic) bond motifs is 1. The van der Waals surface area contributed by atoms with Gasteiger partial charge in [-0.25, -0.2) is 12.8 Å². The molecule has 200 valence electrons. The maximum atomic E-state index is 14.2. The van der Waals surface area contributed by atoms with Crippen molar-refractivity contribution in [2.45, 2.75) is 30.9 Å². The average Bonchev–Trinajstić information content (AvgIpc) is 2.85. The summed E-state index contributed by atoms with van der Waals surface area (Å²) >= 11 is 0. The van der Waals surface area contributed by atoms with Crippen LogP contribution in [0.2, 0.25) is 0 Å². The van der Waals surface area contributed by atoms with E-state index >= 15 is 0 Å². The molecular formula is C27H34FN3O5S. The number of carbonyl (C=O) groups excluding carboxylic acids is 1. The van der Waals surface area contributed by atoms with Crippen LogP contribution >= 0.6 is 0 Å². The van der Waals surface area contributed by atoms with E-state index in [4.69, 9.17) is 4.74 Å². The number of halogens is 1. The number of rotatable bonds is 6. The highest BCUT2D eigenvalue weighted by Gasteiger charge is 2.38. The summed E-state index contributed by atoms with van der Waals surface area (Å²) in [5.74, 6) is 4.67. The number of aliphatic hydroxyl groups is 1. The maximum Gasteiger partial charge on any atom is 0.256 e. The van der Waals surface area contributed by atoms with Crippen LogP contribution in [0.5, 0.6) is 5.75 Å². The third-order valence-corrected chi connectivity index (χ3v) is 8.22. The lowest BCUT2D eigenvalue weighted by Crippen LogP contribution is -2.50. The molecule has 2 aromatic rings. The summed E-state index contributed by atoms with van der Waals surface area (Å²) in [5.41, 5.74) is 0.528. The number of benzene rings is 2. The standard InChI is InChI=1S/C27H34FN3O5S/c1-19-16-31(20(2)18-32)37(34,35)26-13-12-21(9-8-14-29(3)4)15-24(26)36-25(19)17-30(5)27(33)22-10-6-7-11-23(22)28/h6-7,10-13,15,19-20,25,32H,14,16-18H2,1-5H3/t19-,20-,25+/m1/s1. The lowest BCUT2D eigenvalue weighted by Gasteiger charge is -2.37. The maximum absolute atomic E-state index is 14.2. The van der Waals surface area contributed by atoms with Crippen LogP contribution in [0.1, 0.15) is 29.8 Å². The Morgan fingerprint density at radius 2 is 1.95 bits per heavy atom. The molecule has 0 bridgehead atoms. The third-order valence-electron chi connectivity index (χ3n) is 6.20.